The van der Waals surface area contributed by atoms with Crippen molar-refractivity contribution in [2.75, 3.05) is 11.9 Å². The van der Waals surface area contributed by atoms with Crippen LogP contribution in [0.3, 0.4) is 0 Å². The maximum absolute atomic E-state index is 12.6. The highest BCUT2D eigenvalue weighted by Gasteiger charge is 2.36. The van der Waals surface area contributed by atoms with Crippen LogP contribution in [0.1, 0.15) is 25.1 Å². The van der Waals surface area contributed by atoms with Gasteiger partial charge in [-0.1, -0.05) is 18.0 Å². The van der Waals surface area contributed by atoms with Crippen LogP contribution in [-0.2, 0) is 6.18 Å². The van der Waals surface area contributed by atoms with Gasteiger partial charge in [-0.05, 0) is 12.8 Å². The van der Waals surface area contributed by atoms with Crippen molar-refractivity contribution in [1.29, 1.82) is 0 Å². The van der Waals surface area contributed by atoms with Crippen LogP contribution in [0, 0.1) is 5.92 Å². The third-order valence-electron chi connectivity index (χ3n) is 3.18. The molecule has 2 N–H and O–H groups in total. The highest BCUT2D eigenvalue weighted by atomic mass is 35.5. The number of aliphatic hydroxyl groups is 1. The summed E-state index contributed by atoms with van der Waals surface area (Å²) in [7, 11) is 0. The van der Waals surface area contributed by atoms with E-state index in [1.165, 1.54) is 6.07 Å². The van der Waals surface area contributed by atoms with E-state index in [-0.39, 0.29) is 29.5 Å². The minimum Gasteiger partial charge on any atom is -0.396 e. The monoisotopic (exact) mass is 295 g/mol. The van der Waals surface area contributed by atoms with Gasteiger partial charge in [0.05, 0.1) is 0 Å². The standard InChI is InChI=1S/C11H13ClF3N3O/c12-8-4-9(18-10(17-8)11(13,14)15)16-7-3-1-2-6(7)5-19/h4,6-7,19H,1-3,5H2,(H,16,17,18). The average molecular weight is 296 g/mol. The van der Waals surface area contributed by atoms with Crippen LogP contribution in [0.15, 0.2) is 6.07 Å². The molecule has 0 radical (unpaired) electrons. The Labute approximate surface area is 113 Å². The Hall–Kier alpha value is -1.08. The summed E-state index contributed by atoms with van der Waals surface area (Å²) in [6.45, 7) is 0.00259. The fourth-order valence-electron chi connectivity index (χ4n) is 2.25. The van der Waals surface area contributed by atoms with Gasteiger partial charge in [0.15, 0.2) is 0 Å². The summed E-state index contributed by atoms with van der Waals surface area (Å²) in [4.78, 5) is 6.58. The number of halogens is 4. The summed E-state index contributed by atoms with van der Waals surface area (Å²) in [5.74, 6) is -1.19. The number of aliphatic hydroxyl groups excluding tert-OH is 1. The number of nitrogens with one attached hydrogen (secondary N) is 1. The molecule has 0 spiro atoms. The van der Waals surface area contributed by atoms with Gasteiger partial charge in [0, 0.05) is 24.6 Å². The number of hydrogen-bond donors (Lipinski definition) is 2. The molecule has 4 nitrogen and oxygen atoms in total. The molecular weight excluding hydrogens is 283 g/mol. The lowest BCUT2D eigenvalue weighted by Gasteiger charge is -2.20. The van der Waals surface area contributed by atoms with E-state index in [1.54, 1.807) is 0 Å². The first kappa shape index (κ1) is 14.3. The highest BCUT2D eigenvalue weighted by molar-refractivity contribution is 6.29. The van der Waals surface area contributed by atoms with Crippen LogP contribution < -0.4 is 5.32 Å². The van der Waals surface area contributed by atoms with Crippen molar-refractivity contribution in [2.45, 2.75) is 31.5 Å². The van der Waals surface area contributed by atoms with Gasteiger partial charge in [-0.25, -0.2) is 9.97 Å². The van der Waals surface area contributed by atoms with E-state index in [2.05, 4.69) is 15.3 Å². The largest absolute Gasteiger partial charge is 0.451 e. The topological polar surface area (TPSA) is 58.0 Å². The van der Waals surface area contributed by atoms with Crippen molar-refractivity contribution in [3.63, 3.8) is 0 Å². The molecular formula is C11H13ClF3N3O. The minimum atomic E-state index is -4.63. The van der Waals surface area contributed by atoms with Crippen LogP contribution >= 0.6 is 11.6 Å². The molecule has 0 bridgehead atoms. The second-order valence-corrected chi connectivity index (χ2v) is 4.91. The molecule has 2 unspecified atom stereocenters. The lowest BCUT2D eigenvalue weighted by Crippen LogP contribution is -2.27. The molecule has 2 rings (SSSR count). The molecule has 1 saturated carbocycles. The SMILES string of the molecule is OCC1CCCC1Nc1cc(Cl)nc(C(F)(F)F)n1. The molecule has 106 valence electrons. The van der Waals surface area contributed by atoms with E-state index in [4.69, 9.17) is 11.6 Å². The first-order valence-corrected chi connectivity index (χ1v) is 6.27. The second kappa shape index (κ2) is 5.50. The van der Waals surface area contributed by atoms with Gasteiger partial charge in [0.2, 0.25) is 5.82 Å². The third kappa shape index (κ3) is 3.48. The predicted octanol–water partition coefficient (Wildman–Crippen LogP) is 2.72. The van der Waals surface area contributed by atoms with Gasteiger partial charge in [0.1, 0.15) is 11.0 Å². The van der Waals surface area contributed by atoms with Crippen LogP contribution in [0.2, 0.25) is 5.15 Å². The molecule has 0 aromatic carbocycles. The highest BCUT2D eigenvalue weighted by Crippen LogP contribution is 2.31. The number of hydrogen-bond acceptors (Lipinski definition) is 4. The van der Waals surface area contributed by atoms with E-state index >= 15 is 0 Å². The summed E-state index contributed by atoms with van der Waals surface area (Å²) in [6, 6.07) is 1.17. The summed E-state index contributed by atoms with van der Waals surface area (Å²) in [5, 5.41) is 11.8. The maximum Gasteiger partial charge on any atom is 0.451 e. The summed E-state index contributed by atoms with van der Waals surface area (Å²) >= 11 is 5.57. The second-order valence-electron chi connectivity index (χ2n) is 4.52. The molecule has 8 heteroatoms. The van der Waals surface area contributed by atoms with Crippen molar-refractivity contribution in [1.82, 2.24) is 9.97 Å². The third-order valence-corrected chi connectivity index (χ3v) is 3.37. The van der Waals surface area contributed by atoms with Crippen molar-refractivity contribution in [3.8, 4) is 0 Å². The van der Waals surface area contributed by atoms with Gasteiger partial charge >= 0.3 is 6.18 Å². The Morgan fingerprint density at radius 2 is 2.11 bits per heavy atom. The van der Waals surface area contributed by atoms with E-state index in [9.17, 15) is 18.3 Å². The molecule has 1 aromatic rings. The Morgan fingerprint density at radius 3 is 2.74 bits per heavy atom. The fourth-order valence-corrected chi connectivity index (χ4v) is 2.44. The Kier molecular flexibility index (Phi) is 4.15. The molecule has 1 heterocycles. The van der Waals surface area contributed by atoms with Crippen molar-refractivity contribution in [2.24, 2.45) is 5.92 Å². The number of aromatic nitrogens is 2. The molecule has 0 saturated heterocycles. The normalized spacial score (nSPS) is 23.6. The first-order chi connectivity index (χ1) is 8.90. The lowest BCUT2D eigenvalue weighted by atomic mass is 10.1. The van der Waals surface area contributed by atoms with E-state index < -0.39 is 12.0 Å². The zero-order chi connectivity index (χ0) is 14.0. The Morgan fingerprint density at radius 1 is 1.37 bits per heavy atom. The van der Waals surface area contributed by atoms with Gasteiger partial charge in [0.25, 0.3) is 0 Å². The van der Waals surface area contributed by atoms with Crippen molar-refractivity contribution < 1.29 is 18.3 Å². The van der Waals surface area contributed by atoms with Crippen LogP contribution in [0.25, 0.3) is 0 Å². The minimum absolute atomic E-state index is 0.00259. The molecule has 1 aliphatic rings. The molecule has 1 fully saturated rings. The van der Waals surface area contributed by atoms with Crippen LogP contribution in [0.5, 0.6) is 0 Å². The summed E-state index contributed by atoms with van der Waals surface area (Å²) in [5.41, 5.74) is 0. The van der Waals surface area contributed by atoms with Gasteiger partial charge in [-0.3, -0.25) is 0 Å². The predicted molar refractivity (Wildman–Crippen MR) is 63.9 cm³/mol. The molecule has 19 heavy (non-hydrogen) atoms. The number of anilines is 1. The Bertz CT molecular complexity index is 455. The van der Waals surface area contributed by atoms with E-state index in [0.29, 0.717) is 0 Å². The van der Waals surface area contributed by atoms with Gasteiger partial charge in [-0.15, -0.1) is 0 Å². The van der Waals surface area contributed by atoms with Gasteiger partial charge in [-0.2, -0.15) is 13.2 Å². The molecule has 0 amide bonds. The van der Waals surface area contributed by atoms with Crippen LogP contribution in [0.4, 0.5) is 19.0 Å². The first-order valence-electron chi connectivity index (χ1n) is 5.89. The van der Waals surface area contributed by atoms with Crippen LogP contribution in [-0.4, -0.2) is 27.7 Å². The van der Waals surface area contributed by atoms with E-state index in [0.717, 1.165) is 19.3 Å². The molecule has 0 aliphatic heterocycles. The number of alkyl halides is 3. The van der Waals surface area contributed by atoms with Gasteiger partial charge < -0.3 is 10.4 Å². The summed E-state index contributed by atoms with van der Waals surface area (Å²) in [6.07, 6.45) is -2.07. The average Bonchev–Trinajstić information content (AvgIpc) is 2.74. The zero-order valence-corrected chi connectivity index (χ0v) is 10.7. The number of rotatable bonds is 3. The lowest BCUT2D eigenvalue weighted by molar-refractivity contribution is -0.144. The molecule has 1 aliphatic carbocycles. The summed E-state index contributed by atoms with van der Waals surface area (Å²) < 4.78 is 37.7. The molecule has 2 atom stereocenters. The Balaban J connectivity index is 2.18. The quantitative estimate of drug-likeness (QED) is 0.842. The fraction of sp³-hybridized carbons (Fsp3) is 0.636. The van der Waals surface area contributed by atoms with E-state index in [1.807, 2.05) is 0 Å². The molecule has 1 aromatic heterocycles. The number of nitrogens with zero attached hydrogens (tertiary/aromatic N) is 2. The van der Waals surface area contributed by atoms with Crippen molar-refractivity contribution >= 4 is 17.4 Å². The van der Waals surface area contributed by atoms with Crippen molar-refractivity contribution in [3.05, 3.63) is 17.0 Å². The smallest absolute Gasteiger partial charge is 0.396 e. The zero-order valence-electron chi connectivity index (χ0n) is 9.91. The maximum atomic E-state index is 12.6.